The van der Waals surface area contributed by atoms with E-state index in [-0.39, 0.29) is 11.1 Å². The molecule has 108 valence electrons. The van der Waals surface area contributed by atoms with Gasteiger partial charge in [-0.1, -0.05) is 48.8 Å². The Bertz CT molecular complexity index is 413. The smallest absolute Gasteiger partial charge is 0.192 e. The minimum Gasteiger partial charge on any atom is -0.497 e. The van der Waals surface area contributed by atoms with Crippen LogP contribution in [0.2, 0.25) is 18.1 Å². The topological polar surface area (TPSA) is 18.5 Å². The molecule has 0 aromatic heterocycles. The number of benzene rings is 1. The maximum Gasteiger partial charge on any atom is 0.192 e. The molecule has 2 nitrogen and oxygen atoms in total. The van der Waals surface area contributed by atoms with Gasteiger partial charge in [-0.05, 0) is 35.8 Å². The highest BCUT2D eigenvalue weighted by Crippen LogP contribution is 2.40. The van der Waals surface area contributed by atoms with E-state index < -0.39 is 8.32 Å². The highest BCUT2D eigenvalue weighted by molar-refractivity contribution is 9.09. The molecule has 0 saturated carbocycles. The molecule has 0 aliphatic carbocycles. The summed E-state index contributed by atoms with van der Waals surface area (Å²) in [6, 6.07) is 8.13. The molecule has 0 saturated heterocycles. The van der Waals surface area contributed by atoms with Gasteiger partial charge >= 0.3 is 0 Å². The zero-order valence-corrected chi connectivity index (χ0v) is 15.4. The summed E-state index contributed by atoms with van der Waals surface area (Å²) in [6.45, 7) is 11.3. The van der Waals surface area contributed by atoms with Crippen LogP contribution in [0.25, 0.3) is 0 Å². The lowest BCUT2D eigenvalue weighted by Crippen LogP contribution is -2.42. The number of ether oxygens (including phenoxy) is 1. The van der Waals surface area contributed by atoms with E-state index in [0.717, 1.165) is 11.1 Å². The Hall–Kier alpha value is -0.323. The number of halogens is 1. The molecule has 1 rings (SSSR count). The Labute approximate surface area is 126 Å². The second-order valence-electron chi connectivity index (χ2n) is 6.30. The molecule has 0 N–H and O–H groups in total. The third-order valence-electron chi connectivity index (χ3n) is 3.85. The van der Waals surface area contributed by atoms with Crippen LogP contribution in [0.5, 0.6) is 5.75 Å². The van der Waals surface area contributed by atoms with E-state index in [0.29, 0.717) is 0 Å². The summed E-state index contributed by atoms with van der Waals surface area (Å²) in [7, 11) is -0.0787. The molecule has 0 aliphatic heterocycles. The zero-order valence-electron chi connectivity index (χ0n) is 12.8. The van der Waals surface area contributed by atoms with Crippen molar-refractivity contribution >= 4 is 24.2 Å². The predicted octanol–water partition coefficient (Wildman–Crippen LogP) is 5.15. The molecule has 0 fully saturated rings. The number of rotatable bonds is 5. The second-order valence-corrected chi connectivity index (χ2v) is 11.7. The first-order valence-electron chi connectivity index (χ1n) is 6.59. The van der Waals surface area contributed by atoms with Gasteiger partial charge in [-0.3, -0.25) is 0 Å². The van der Waals surface area contributed by atoms with Gasteiger partial charge in [-0.2, -0.15) is 0 Å². The van der Waals surface area contributed by atoms with Crippen molar-refractivity contribution in [1.82, 2.24) is 0 Å². The van der Waals surface area contributed by atoms with Crippen molar-refractivity contribution in [2.45, 2.75) is 45.0 Å². The number of alkyl halides is 1. The highest BCUT2D eigenvalue weighted by Gasteiger charge is 2.39. The van der Waals surface area contributed by atoms with E-state index in [9.17, 15) is 0 Å². The molecule has 4 heteroatoms. The van der Waals surface area contributed by atoms with E-state index in [1.165, 1.54) is 5.56 Å². The Kier molecular flexibility index (Phi) is 5.65. The predicted molar refractivity (Wildman–Crippen MR) is 87.8 cm³/mol. The number of hydrogen-bond acceptors (Lipinski definition) is 2. The maximum absolute atomic E-state index is 6.47. The van der Waals surface area contributed by atoms with Crippen LogP contribution in [-0.2, 0) is 4.43 Å². The first-order chi connectivity index (χ1) is 8.71. The molecule has 0 aliphatic rings. The monoisotopic (exact) mass is 344 g/mol. The molecule has 1 aromatic carbocycles. The molecule has 0 spiro atoms. The summed E-state index contributed by atoms with van der Waals surface area (Å²) in [5.41, 5.74) is 1.17. The molecule has 19 heavy (non-hydrogen) atoms. The fourth-order valence-electron chi connectivity index (χ4n) is 1.56. The molecule has 0 radical (unpaired) electrons. The lowest BCUT2D eigenvalue weighted by Gasteiger charge is -2.39. The molecular weight excluding hydrogens is 320 g/mol. The van der Waals surface area contributed by atoms with Gasteiger partial charge in [-0.15, -0.1) is 0 Å². The van der Waals surface area contributed by atoms with Gasteiger partial charge in [0.25, 0.3) is 0 Å². The van der Waals surface area contributed by atoms with Crippen LogP contribution in [0.1, 0.15) is 32.4 Å². The van der Waals surface area contributed by atoms with E-state index in [1.54, 1.807) is 7.11 Å². The van der Waals surface area contributed by atoms with Crippen LogP contribution in [0.4, 0.5) is 0 Å². The quantitative estimate of drug-likeness (QED) is 0.542. The first-order valence-corrected chi connectivity index (χ1v) is 10.6. The van der Waals surface area contributed by atoms with Gasteiger partial charge in [0.1, 0.15) is 5.75 Å². The van der Waals surface area contributed by atoms with E-state index in [1.807, 2.05) is 12.1 Å². The summed E-state index contributed by atoms with van der Waals surface area (Å²) in [4.78, 5) is 0. The fraction of sp³-hybridized carbons (Fsp3) is 0.600. The molecule has 0 heterocycles. The van der Waals surface area contributed by atoms with Crippen molar-refractivity contribution in [2.24, 2.45) is 0 Å². The number of hydrogen-bond donors (Lipinski definition) is 0. The molecule has 1 aromatic rings. The number of methoxy groups -OCH3 is 1. The lowest BCUT2D eigenvalue weighted by molar-refractivity contribution is 0.208. The van der Waals surface area contributed by atoms with Crippen molar-refractivity contribution in [1.29, 1.82) is 0 Å². The van der Waals surface area contributed by atoms with Gasteiger partial charge < -0.3 is 9.16 Å². The SMILES string of the molecule is COc1cccc(C(CBr)O[Si](C)(C)C(C)(C)C)c1. The van der Waals surface area contributed by atoms with Crippen molar-refractivity contribution in [3.8, 4) is 5.75 Å². The average Bonchev–Trinajstić information content (AvgIpc) is 2.34. The van der Waals surface area contributed by atoms with Crippen molar-refractivity contribution in [3.05, 3.63) is 29.8 Å². The van der Waals surface area contributed by atoms with Gasteiger partial charge in [0.2, 0.25) is 0 Å². The summed E-state index contributed by atoms with van der Waals surface area (Å²) in [5.74, 6) is 0.877. The van der Waals surface area contributed by atoms with Gasteiger partial charge in [0.15, 0.2) is 8.32 Å². The van der Waals surface area contributed by atoms with Crippen molar-refractivity contribution in [3.63, 3.8) is 0 Å². The molecule has 0 amide bonds. The Balaban J connectivity index is 2.95. The van der Waals surface area contributed by atoms with Crippen molar-refractivity contribution in [2.75, 3.05) is 12.4 Å². The summed E-state index contributed by atoms with van der Waals surface area (Å²) in [5, 5.41) is 1.01. The van der Waals surface area contributed by atoms with Crippen LogP contribution in [0.15, 0.2) is 24.3 Å². The van der Waals surface area contributed by atoms with Crippen LogP contribution < -0.4 is 4.74 Å². The third kappa shape index (κ3) is 4.33. The van der Waals surface area contributed by atoms with Gasteiger partial charge in [-0.25, -0.2) is 0 Å². The lowest BCUT2D eigenvalue weighted by atomic mass is 10.1. The standard InChI is InChI=1S/C15H25BrO2Si/c1-15(2,3)19(5,6)18-14(11-16)12-8-7-9-13(10-12)17-4/h7-10,14H,11H2,1-6H3. The minimum atomic E-state index is -1.77. The summed E-state index contributed by atoms with van der Waals surface area (Å²) in [6.07, 6.45) is 0.0796. The molecular formula is C15H25BrO2Si. The van der Waals surface area contributed by atoms with E-state index >= 15 is 0 Å². The van der Waals surface area contributed by atoms with Gasteiger partial charge in [0, 0.05) is 5.33 Å². The highest BCUT2D eigenvalue weighted by atomic mass is 79.9. The van der Waals surface area contributed by atoms with Gasteiger partial charge in [0.05, 0.1) is 13.2 Å². The Morgan fingerprint density at radius 1 is 1.26 bits per heavy atom. The van der Waals surface area contributed by atoms with Crippen molar-refractivity contribution < 1.29 is 9.16 Å². The third-order valence-corrected chi connectivity index (χ3v) is 8.92. The second kappa shape index (κ2) is 6.42. The average molecular weight is 345 g/mol. The summed E-state index contributed by atoms with van der Waals surface area (Å²) >= 11 is 3.57. The minimum absolute atomic E-state index is 0.0796. The normalized spacial score (nSPS) is 14.3. The van der Waals surface area contributed by atoms with Crippen LogP contribution in [0, 0.1) is 0 Å². The molecule has 1 atom stereocenters. The summed E-state index contributed by atoms with van der Waals surface area (Å²) < 4.78 is 11.8. The van der Waals surface area contributed by atoms with E-state index in [2.05, 4.69) is 61.9 Å². The maximum atomic E-state index is 6.47. The largest absolute Gasteiger partial charge is 0.497 e. The first kappa shape index (κ1) is 16.7. The van der Waals surface area contributed by atoms with E-state index in [4.69, 9.17) is 9.16 Å². The fourth-order valence-corrected chi connectivity index (χ4v) is 3.60. The van der Waals surface area contributed by atoms with Crippen LogP contribution >= 0.6 is 15.9 Å². The zero-order chi connectivity index (χ0) is 14.7. The Morgan fingerprint density at radius 3 is 2.37 bits per heavy atom. The van der Waals surface area contributed by atoms with Crippen LogP contribution in [0.3, 0.4) is 0 Å². The van der Waals surface area contributed by atoms with Crippen LogP contribution in [-0.4, -0.2) is 20.8 Å². The Morgan fingerprint density at radius 2 is 1.89 bits per heavy atom. The molecule has 1 unspecified atom stereocenters. The molecule has 0 bridgehead atoms.